The summed E-state index contributed by atoms with van der Waals surface area (Å²) in [5, 5.41) is 0. The second kappa shape index (κ2) is 22.3. The molecule has 0 aliphatic carbocycles. The zero-order valence-electron chi connectivity index (χ0n) is 31.6. The van der Waals surface area contributed by atoms with Crippen LogP contribution in [-0.4, -0.2) is 51.1 Å². The Balaban J connectivity index is 1.07. The Hall–Kier alpha value is -3.75. The highest BCUT2D eigenvalue weighted by Crippen LogP contribution is 2.27. The summed E-state index contributed by atoms with van der Waals surface area (Å²) >= 11 is 0. The minimum absolute atomic E-state index is 0.0137. The van der Waals surface area contributed by atoms with Crippen LogP contribution in [0.2, 0.25) is 0 Å². The third-order valence-corrected chi connectivity index (χ3v) is 9.51. The van der Waals surface area contributed by atoms with Crippen LogP contribution in [0.25, 0.3) is 11.1 Å². The molecule has 0 aromatic heterocycles. The maximum Gasteiger partial charge on any atom is 0.343 e. The quantitative estimate of drug-likeness (QED) is 0.0490. The van der Waals surface area contributed by atoms with Gasteiger partial charge in [-0.3, -0.25) is 0 Å². The maximum absolute atomic E-state index is 14.7. The molecule has 52 heavy (non-hydrogen) atoms. The lowest BCUT2D eigenvalue weighted by molar-refractivity contribution is -0.137. The Morgan fingerprint density at radius 1 is 0.731 bits per heavy atom. The zero-order valence-corrected chi connectivity index (χ0v) is 31.6. The van der Waals surface area contributed by atoms with Crippen LogP contribution in [0.4, 0.5) is 4.39 Å². The number of ether oxygens (including phenoxy) is 5. The van der Waals surface area contributed by atoms with Gasteiger partial charge >= 0.3 is 11.9 Å². The van der Waals surface area contributed by atoms with Gasteiger partial charge in [0.2, 0.25) is 0 Å². The molecule has 1 heterocycles. The molecule has 0 amide bonds. The Morgan fingerprint density at radius 2 is 1.31 bits per heavy atom. The molecule has 0 bridgehead atoms. The SMILES string of the molecule is CCCCCC[C@@H](C)OC(=O)c1ccc(OC(=O)c2ccc(-c3ccc(OCCCCCCCCCCCOCC4(C)COC4)cc3)cc2)cc1F. The number of hydrogen-bond donors (Lipinski definition) is 0. The molecule has 0 saturated carbocycles. The van der Waals surface area contributed by atoms with Gasteiger partial charge in [0.25, 0.3) is 0 Å². The van der Waals surface area contributed by atoms with E-state index in [1.807, 2.05) is 43.3 Å². The van der Waals surface area contributed by atoms with Crippen LogP contribution in [0.1, 0.15) is 131 Å². The average molecular weight is 719 g/mol. The molecule has 7 nitrogen and oxygen atoms in total. The minimum atomic E-state index is -0.795. The highest BCUT2D eigenvalue weighted by Gasteiger charge is 2.33. The van der Waals surface area contributed by atoms with Crippen molar-refractivity contribution < 1.29 is 37.7 Å². The van der Waals surface area contributed by atoms with Gasteiger partial charge in [-0.05, 0) is 80.1 Å². The van der Waals surface area contributed by atoms with Crippen LogP contribution < -0.4 is 9.47 Å². The second-order valence-corrected chi connectivity index (χ2v) is 14.6. The number of carbonyl (C=O) groups excluding carboxylic acids is 2. The highest BCUT2D eigenvalue weighted by molar-refractivity contribution is 5.92. The van der Waals surface area contributed by atoms with E-state index in [0.29, 0.717) is 12.2 Å². The van der Waals surface area contributed by atoms with Gasteiger partial charge in [0.05, 0.1) is 43.7 Å². The van der Waals surface area contributed by atoms with Crippen molar-refractivity contribution in [2.45, 2.75) is 117 Å². The molecule has 1 aliphatic rings. The Labute approximate surface area is 310 Å². The topological polar surface area (TPSA) is 80.3 Å². The van der Waals surface area contributed by atoms with Gasteiger partial charge in [-0.15, -0.1) is 0 Å². The summed E-state index contributed by atoms with van der Waals surface area (Å²) in [5.41, 5.74) is 2.34. The molecule has 4 rings (SSSR count). The summed E-state index contributed by atoms with van der Waals surface area (Å²) in [5.74, 6) is -1.28. The minimum Gasteiger partial charge on any atom is -0.494 e. The fourth-order valence-corrected chi connectivity index (χ4v) is 6.18. The molecule has 1 fully saturated rings. The normalized spacial score (nSPS) is 14.0. The zero-order chi connectivity index (χ0) is 37.0. The molecule has 1 aliphatic heterocycles. The lowest BCUT2D eigenvalue weighted by Gasteiger charge is -2.37. The van der Waals surface area contributed by atoms with Gasteiger partial charge < -0.3 is 23.7 Å². The van der Waals surface area contributed by atoms with E-state index in [4.69, 9.17) is 23.7 Å². The number of hydrogen-bond acceptors (Lipinski definition) is 7. The summed E-state index contributed by atoms with van der Waals surface area (Å²) in [6.45, 7) is 10.2. The van der Waals surface area contributed by atoms with Crippen molar-refractivity contribution in [2.75, 3.05) is 33.0 Å². The van der Waals surface area contributed by atoms with E-state index in [0.717, 1.165) is 94.3 Å². The van der Waals surface area contributed by atoms with Crippen molar-refractivity contribution in [3.8, 4) is 22.6 Å². The lowest BCUT2D eigenvalue weighted by atomic mass is 9.90. The number of halogens is 1. The van der Waals surface area contributed by atoms with E-state index in [2.05, 4.69) is 13.8 Å². The van der Waals surface area contributed by atoms with Crippen molar-refractivity contribution in [2.24, 2.45) is 5.41 Å². The number of esters is 2. The predicted octanol–water partition coefficient (Wildman–Crippen LogP) is 11.2. The molecule has 284 valence electrons. The van der Waals surface area contributed by atoms with Crippen LogP contribution in [-0.2, 0) is 14.2 Å². The van der Waals surface area contributed by atoms with E-state index in [-0.39, 0.29) is 22.8 Å². The standard InChI is InChI=1S/C44H59FO7/c1-4-5-6-14-17-34(2)51-43(47)40-27-26-39(30-41(40)45)52-42(46)37-20-18-35(19-21-37)36-22-24-38(25-23-36)50-29-16-13-11-9-7-8-10-12-15-28-48-31-44(3)32-49-33-44/h18-27,30,34H,4-17,28-29,31-33H2,1-3H3/t34-/m1/s1. The first-order valence-corrected chi connectivity index (χ1v) is 19.5. The first-order valence-electron chi connectivity index (χ1n) is 19.5. The summed E-state index contributed by atoms with van der Waals surface area (Å²) in [4.78, 5) is 25.2. The average Bonchev–Trinajstić information content (AvgIpc) is 3.13. The van der Waals surface area contributed by atoms with E-state index < -0.39 is 17.8 Å². The molecular formula is C44H59FO7. The van der Waals surface area contributed by atoms with Gasteiger partial charge in [0.15, 0.2) is 0 Å². The van der Waals surface area contributed by atoms with E-state index in [1.165, 1.54) is 57.1 Å². The first-order chi connectivity index (χ1) is 25.3. The highest BCUT2D eigenvalue weighted by atomic mass is 19.1. The first kappa shape index (κ1) is 41.0. The van der Waals surface area contributed by atoms with Crippen molar-refractivity contribution in [1.82, 2.24) is 0 Å². The number of unbranched alkanes of at least 4 members (excludes halogenated alkanes) is 11. The van der Waals surface area contributed by atoms with Crippen LogP contribution in [0.3, 0.4) is 0 Å². The lowest BCUT2D eigenvalue weighted by Crippen LogP contribution is -2.43. The number of rotatable bonds is 25. The number of benzene rings is 3. The molecule has 0 spiro atoms. The van der Waals surface area contributed by atoms with Gasteiger partial charge in [-0.2, -0.15) is 0 Å². The van der Waals surface area contributed by atoms with E-state index >= 15 is 0 Å². The molecule has 0 unspecified atom stereocenters. The van der Waals surface area contributed by atoms with Crippen molar-refractivity contribution >= 4 is 11.9 Å². The Morgan fingerprint density at radius 3 is 1.90 bits per heavy atom. The molecule has 1 saturated heterocycles. The number of carbonyl (C=O) groups is 2. The van der Waals surface area contributed by atoms with Crippen LogP contribution in [0, 0.1) is 11.2 Å². The third-order valence-electron chi connectivity index (χ3n) is 9.51. The fraction of sp³-hybridized carbons (Fsp3) is 0.545. The van der Waals surface area contributed by atoms with Gasteiger partial charge in [0, 0.05) is 18.1 Å². The fourth-order valence-electron chi connectivity index (χ4n) is 6.18. The molecule has 1 atom stereocenters. The van der Waals surface area contributed by atoms with Crippen LogP contribution in [0.15, 0.2) is 66.7 Å². The summed E-state index contributed by atoms with van der Waals surface area (Å²) in [7, 11) is 0. The monoisotopic (exact) mass is 718 g/mol. The predicted molar refractivity (Wildman–Crippen MR) is 204 cm³/mol. The van der Waals surface area contributed by atoms with E-state index in [9.17, 15) is 14.0 Å². The smallest absolute Gasteiger partial charge is 0.343 e. The Kier molecular flexibility index (Phi) is 17.6. The van der Waals surface area contributed by atoms with Crippen LogP contribution >= 0.6 is 0 Å². The summed E-state index contributed by atoms with van der Waals surface area (Å²) < 4.78 is 42.6. The summed E-state index contributed by atoms with van der Waals surface area (Å²) in [6, 6.07) is 18.7. The molecule has 3 aromatic rings. The molecule has 3 aromatic carbocycles. The van der Waals surface area contributed by atoms with Gasteiger partial charge in [-0.25, -0.2) is 14.0 Å². The third kappa shape index (κ3) is 14.3. The van der Waals surface area contributed by atoms with Crippen molar-refractivity contribution in [3.63, 3.8) is 0 Å². The molecule has 0 N–H and O–H groups in total. The Bertz CT molecular complexity index is 1480. The second-order valence-electron chi connectivity index (χ2n) is 14.6. The van der Waals surface area contributed by atoms with Crippen LogP contribution in [0.5, 0.6) is 11.5 Å². The molecule has 0 radical (unpaired) electrons. The van der Waals surface area contributed by atoms with Gasteiger partial charge in [-0.1, -0.05) is 102 Å². The maximum atomic E-state index is 14.7. The molecule has 8 heteroatoms. The van der Waals surface area contributed by atoms with Gasteiger partial charge in [0.1, 0.15) is 17.3 Å². The van der Waals surface area contributed by atoms with Crippen molar-refractivity contribution in [1.29, 1.82) is 0 Å². The molecular weight excluding hydrogens is 659 g/mol. The van der Waals surface area contributed by atoms with E-state index in [1.54, 1.807) is 12.1 Å². The largest absolute Gasteiger partial charge is 0.494 e. The van der Waals surface area contributed by atoms with Crippen molar-refractivity contribution in [3.05, 3.63) is 83.7 Å². The summed E-state index contributed by atoms with van der Waals surface area (Å²) in [6.07, 6.45) is 15.8.